The van der Waals surface area contributed by atoms with Gasteiger partial charge in [-0.15, -0.1) is 0 Å². The van der Waals surface area contributed by atoms with Crippen LogP contribution in [0.2, 0.25) is 0 Å². The Bertz CT molecular complexity index is 1430. The predicted octanol–water partition coefficient (Wildman–Crippen LogP) is 0.657. The molecule has 7 bridgehead atoms. The molecular weight excluding hydrogens is 626 g/mol. The molecule has 6 aliphatic rings. The van der Waals surface area contributed by atoms with E-state index in [1.807, 2.05) is 6.92 Å². The molecule has 7 rings (SSSR count). The molecule has 8 unspecified atom stereocenters. The summed E-state index contributed by atoms with van der Waals surface area (Å²) in [5, 5.41) is 37.4. The molecule has 13 heteroatoms. The maximum Gasteiger partial charge on any atom is 0.338 e. The van der Waals surface area contributed by atoms with Crippen molar-refractivity contribution in [2.24, 2.45) is 34.5 Å². The topological polar surface area (TPSA) is 163 Å². The molecule has 15 atom stereocenters. The Morgan fingerprint density at radius 2 is 1.69 bits per heavy atom. The third-order valence-corrected chi connectivity index (χ3v) is 13.5. The summed E-state index contributed by atoms with van der Waals surface area (Å²) in [7, 11) is 7.77. The molecule has 5 saturated carbocycles. The van der Waals surface area contributed by atoms with E-state index in [0.29, 0.717) is 25.3 Å². The van der Waals surface area contributed by atoms with Crippen molar-refractivity contribution in [3.8, 4) is 5.75 Å². The van der Waals surface area contributed by atoms with Crippen molar-refractivity contribution in [3.05, 3.63) is 29.8 Å². The molecule has 1 aliphatic heterocycles. The Morgan fingerprint density at radius 3 is 2.25 bits per heavy atom. The molecule has 3 N–H and O–H groups in total. The van der Waals surface area contributed by atoms with E-state index in [0.717, 1.165) is 0 Å². The van der Waals surface area contributed by atoms with Crippen molar-refractivity contribution in [3.63, 3.8) is 0 Å². The van der Waals surface area contributed by atoms with Crippen LogP contribution in [0.5, 0.6) is 5.75 Å². The largest absolute Gasteiger partial charge is 0.497 e. The number of rotatable bonds is 10. The third kappa shape index (κ3) is 3.90. The zero-order valence-corrected chi connectivity index (χ0v) is 28.7. The number of fused-ring (bicyclic) bond motifs is 2. The first kappa shape index (κ1) is 34.1. The minimum atomic E-state index is -1.86. The van der Waals surface area contributed by atoms with E-state index in [1.165, 1.54) is 21.1 Å². The Morgan fingerprint density at radius 1 is 0.979 bits per heavy atom. The average molecular weight is 676 g/mol. The SMILES string of the molecule is CCN1CC2(COC)C3C(OC)C4C1C3(C1C[C@@]3(O)[C@H](OC(=O)c5ccc(OC)cc5)[C@@H]1[C@]4(OC(C)=O)C(O)[C@@H]3OC)[C@@H](OC)C[C@H]2O. The predicted molar refractivity (Wildman–Crippen MR) is 167 cm³/mol. The van der Waals surface area contributed by atoms with E-state index in [-0.39, 0.29) is 24.6 Å². The number of hydrogen-bond donors (Lipinski definition) is 3. The number of piperidine rings is 1. The number of carbonyl (C=O) groups excluding carboxylic acids is 2. The number of nitrogens with zero attached hydrogens (tertiary/aromatic N) is 1. The molecule has 48 heavy (non-hydrogen) atoms. The highest BCUT2D eigenvalue weighted by Gasteiger charge is 2.92. The molecular formula is C35H49NO12. The van der Waals surface area contributed by atoms with Gasteiger partial charge in [0, 0.05) is 83.0 Å². The van der Waals surface area contributed by atoms with E-state index in [9.17, 15) is 24.9 Å². The lowest BCUT2D eigenvalue weighted by atomic mass is 9.42. The quantitative estimate of drug-likeness (QED) is 0.297. The van der Waals surface area contributed by atoms with Gasteiger partial charge in [-0.1, -0.05) is 6.92 Å². The Labute approximate surface area is 280 Å². The van der Waals surface area contributed by atoms with Crippen LogP contribution in [0.25, 0.3) is 0 Å². The van der Waals surface area contributed by atoms with Gasteiger partial charge in [-0.2, -0.15) is 0 Å². The molecule has 1 spiro atoms. The minimum Gasteiger partial charge on any atom is -0.497 e. The smallest absolute Gasteiger partial charge is 0.338 e. The van der Waals surface area contributed by atoms with Crippen LogP contribution in [0, 0.1) is 34.5 Å². The summed E-state index contributed by atoms with van der Waals surface area (Å²) < 4.78 is 42.7. The van der Waals surface area contributed by atoms with Crippen molar-refractivity contribution in [2.45, 2.75) is 80.6 Å². The Balaban J connectivity index is 1.50. The van der Waals surface area contributed by atoms with Crippen molar-refractivity contribution in [1.29, 1.82) is 0 Å². The van der Waals surface area contributed by atoms with Crippen LogP contribution >= 0.6 is 0 Å². The standard InChI is InChI=1S/C35H49NO12/c1-8-36-15-32(16-42-3)21(38)13-22(44-5)34-20-14-33(41)29(47-31(40)18-9-11-19(43-4)12-10-18)23(20)35(48-17(2)37,28(39)30(33)46-7)24(27(34)36)25(45-6)26(32)34/h9-12,20-30,38-39,41H,8,13-16H2,1-7H3/t20?,21-,22+,23-,24?,25?,26?,27?,28?,29-,30+,32?,33-,34?,35-/m1/s1. The summed E-state index contributed by atoms with van der Waals surface area (Å²) in [6.45, 7) is 4.64. The Hall–Kier alpha value is -2.36. The fourth-order valence-electron chi connectivity index (χ4n) is 12.5. The first-order valence-electron chi connectivity index (χ1n) is 16.9. The first-order valence-corrected chi connectivity index (χ1v) is 16.9. The normalized spacial score (nSPS) is 48.2. The molecule has 1 aromatic rings. The van der Waals surface area contributed by atoms with Gasteiger partial charge in [0.15, 0.2) is 5.60 Å². The van der Waals surface area contributed by atoms with Crippen LogP contribution in [0.1, 0.15) is 37.0 Å². The van der Waals surface area contributed by atoms with Gasteiger partial charge in [0.2, 0.25) is 0 Å². The number of benzene rings is 1. The van der Waals surface area contributed by atoms with Gasteiger partial charge in [-0.3, -0.25) is 9.69 Å². The van der Waals surface area contributed by atoms with Crippen LogP contribution in [0.4, 0.5) is 0 Å². The maximum absolute atomic E-state index is 13.9. The van der Waals surface area contributed by atoms with Gasteiger partial charge in [-0.05, 0) is 43.1 Å². The number of methoxy groups -OCH3 is 5. The molecule has 5 aliphatic carbocycles. The number of likely N-dealkylation sites (tertiary alicyclic amines) is 1. The summed E-state index contributed by atoms with van der Waals surface area (Å²) in [5.41, 5.74) is -4.94. The molecule has 0 radical (unpaired) electrons. The van der Waals surface area contributed by atoms with Crippen LogP contribution in [-0.2, 0) is 33.2 Å². The summed E-state index contributed by atoms with van der Waals surface area (Å²) in [4.78, 5) is 29.5. The van der Waals surface area contributed by atoms with E-state index in [1.54, 1.807) is 45.6 Å². The van der Waals surface area contributed by atoms with Crippen LogP contribution in [0.15, 0.2) is 24.3 Å². The Kier molecular flexibility index (Phi) is 8.24. The van der Waals surface area contributed by atoms with E-state index in [4.69, 9.17) is 33.2 Å². The molecule has 0 aromatic heterocycles. The van der Waals surface area contributed by atoms with Crippen LogP contribution in [0.3, 0.4) is 0 Å². The number of ether oxygens (including phenoxy) is 7. The third-order valence-electron chi connectivity index (χ3n) is 13.5. The molecule has 1 saturated heterocycles. The van der Waals surface area contributed by atoms with Gasteiger partial charge in [0.25, 0.3) is 0 Å². The van der Waals surface area contributed by atoms with Crippen molar-refractivity contribution < 1.29 is 58.1 Å². The summed E-state index contributed by atoms with van der Waals surface area (Å²) >= 11 is 0. The number of aliphatic hydroxyl groups excluding tert-OH is 2. The van der Waals surface area contributed by atoms with Gasteiger partial charge in [-0.25, -0.2) is 4.79 Å². The van der Waals surface area contributed by atoms with Crippen molar-refractivity contribution in [1.82, 2.24) is 4.90 Å². The molecule has 6 fully saturated rings. The van der Waals surface area contributed by atoms with Crippen LogP contribution in [-0.4, -0.2) is 141 Å². The van der Waals surface area contributed by atoms with E-state index < -0.39 is 94.3 Å². The lowest BCUT2D eigenvalue weighted by Gasteiger charge is -2.70. The fourth-order valence-corrected chi connectivity index (χ4v) is 12.5. The number of hydrogen-bond acceptors (Lipinski definition) is 13. The summed E-state index contributed by atoms with van der Waals surface area (Å²) in [5.74, 6) is -3.23. The second kappa shape index (κ2) is 11.6. The number of aliphatic hydroxyl groups is 3. The highest BCUT2D eigenvalue weighted by Crippen LogP contribution is 2.80. The molecule has 266 valence electrons. The number of esters is 2. The maximum atomic E-state index is 13.9. The fraction of sp³-hybridized carbons (Fsp3) is 0.771. The highest BCUT2D eigenvalue weighted by molar-refractivity contribution is 5.89. The van der Waals surface area contributed by atoms with Crippen LogP contribution < -0.4 is 4.74 Å². The zero-order chi connectivity index (χ0) is 34.6. The molecule has 13 nitrogen and oxygen atoms in total. The lowest BCUT2D eigenvalue weighted by molar-refractivity contribution is -0.322. The highest BCUT2D eigenvalue weighted by atomic mass is 16.6. The van der Waals surface area contributed by atoms with Gasteiger partial charge in [0.05, 0.1) is 37.6 Å². The van der Waals surface area contributed by atoms with Crippen molar-refractivity contribution >= 4 is 11.9 Å². The van der Waals surface area contributed by atoms with Gasteiger partial charge < -0.3 is 48.5 Å². The second-order valence-electron chi connectivity index (χ2n) is 14.8. The minimum absolute atomic E-state index is 0.0591. The monoisotopic (exact) mass is 675 g/mol. The average Bonchev–Trinajstić information content (AvgIpc) is 3.44. The molecule has 1 heterocycles. The lowest BCUT2D eigenvalue weighted by Crippen LogP contribution is -2.81. The molecule has 1 aromatic carbocycles. The summed E-state index contributed by atoms with van der Waals surface area (Å²) in [6, 6.07) is 6.10. The zero-order valence-electron chi connectivity index (χ0n) is 28.7. The number of carbonyl (C=O) groups is 2. The van der Waals surface area contributed by atoms with Gasteiger partial charge in [0.1, 0.15) is 29.7 Å². The van der Waals surface area contributed by atoms with Gasteiger partial charge >= 0.3 is 11.9 Å². The first-order chi connectivity index (χ1) is 22.9. The summed E-state index contributed by atoms with van der Waals surface area (Å²) in [6.07, 6.45) is -5.64. The van der Waals surface area contributed by atoms with E-state index in [2.05, 4.69) is 4.90 Å². The second-order valence-corrected chi connectivity index (χ2v) is 14.8. The van der Waals surface area contributed by atoms with E-state index >= 15 is 0 Å². The van der Waals surface area contributed by atoms with Crippen molar-refractivity contribution in [2.75, 3.05) is 55.2 Å². The molecule has 0 amide bonds.